The second-order valence-corrected chi connectivity index (χ2v) is 11.8. The van der Waals surface area contributed by atoms with Crippen LogP contribution >= 0.6 is 0 Å². The second-order valence-electron chi connectivity index (χ2n) is 11.8. The van der Waals surface area contributed by atoms with Crippen LogP contribution in [0.4, 0.5) is 0 Å². The van der Waals surface area contributed by atoms with Crippen LogP contribution in [-0.4, -0.2) is 0 Å². The first-order chi connectivity index (χ1) is 26.7. The lowest BCUT2D eigenvalue weighted by Gasteiger charge is -2.19. The lowest BCUT2D eigenvalue weighted by molar-refractivity contribution is 0.673. The van der Waals surface area contributed by atoms with Gasteiger partial charge in [0.05, 0.1) is 11.0 Å². The molecule has 47 heavy (non-hydrogen) atoms. The van der Waals surface area contributed by atoms with E-state index in [-0.39, 0.29) is 45.7 Å². The van der Waals surface area contributed by atoms with Crippen LogP contribution in [0.5, 0.6) is 0 Å². The molecule has 10 aromatic rings. The average Bonchev–Trinajstić information content (AvgIpc) is 3.62. The van der Waals surface area contributed by atoms with Gasteiger partial charge in [-0.2, -0.15) is 0 Å². The highest BCUT2D eigenvalue weighted by Crippen LogP contribution is 2.48. The molecule has 0 saturated heterocycles. The first kappa shape index (κ1) is 19.4. The van der Waals surface area contributed by atoms with Gasteiger partial charge in [-0.05, 0) is 89.3 Å². The van der Waals surface area contributed by atoms with Gasteiger partial charge in [-0.25, -0.2) is 0 Å². The Kier molecular flexibility index (Phi) is 4.19. The summed E-state index contributed by atoms with van der Waals surface area (Å²) in [6, 6.07) is 36.1. The minimum absolute atomic E-state index is 0.164. The van der Waals surface area contributed by atoms with Crippen molar-refractivity contribution in [3.63, 3.8) is 0 Å². The number of hydrogen-bond donors (Lipinski definition) is 0. The van der Waals surface area contributed by atoms with Crippen molar-refractivity contribution in [3.8, 4) is 33.4 Å². The van der Waals surface area contributed by atoms with E-state index >= 15 is 0 Å². The summed E-state index contributed by atoms with van der Waals surface area (Å²) < 4.78 is 80.0. The van der Waals surface area contributed by atoms with Gasteiger partial charge in [0.15, 0.2) is 0 Å². The van der Waals surface area contributed by atoms with Crippen molar-refractivity contribution in [3.05, 3.63) is 170 Å². The van der Waals surface area contributed by atoms with Gasteiger partial charge in [-0.15, -0.1) is 0 Å². The van der Waals surface area contributed by atoms with E-state index in [9.17, 15) is 5.48 Å². The van der Waals surface area contributed by atoms with Crippen molar-refractivity contribution in [2.45, 2.75) is 0 Å². The van der Waals surface area contributed by atoms with Crippen molar-refractivity contribution < 1.29 is 15.4 Å². The average molecular weight is 605 g/mol. The molecular weight excluding hydrogens is 569 g/mol. The fourth-order valence-corrected chi connectivity index (χ4v) is 7.24. The van der Waals surface area contributed by atoms with Gasteiger partial charge in [0.1, 0.15) is 11.2 Å². The molecule has 0 fully saturated rings. The summed E-state index contributed by atoms with van der Waals surface area (Å²) in [4.78, 5) is 0. The fourth-order valence-electron chi connectivity index (χ4n) is 7.24. The highest BCUT2D eigenvalue weighted by atomic mass is 16.3. The maximum atomic E-state index is 9.48. The molecule has 0 bridgehead atoms. The number of fused-ring (bicyclic) bond motifs is 8. The van der Waals surface area contributed by atoms with Gasteiger partial charge in [0, 0.05) is 16.2 Å². The summed E-state index contributed by atoms with van der Waals surface area (Å²) in [6.07, 6.45) is 0. The van der Waals surface area contributed by atoms with Gasteiger partial charge in [-0.3, -0.25) is 0 Å². The van der Waals surface area contributed by atoms with Crippen LogP contribution in [0.15, 0.2) is 174 Å². The molecule has 0 aliphatic rings. The van der Waals surface area contributed by atoms with Gasteiger partial charge >= 0.3 is 0 Å². The third-order valence-corrected chi connectivity index (χ3v) is 9.29. The zero-order valence-corrected chi connectivity index (χ0v) is 25.0. The molecule has 1 heterocycles. The zero-order chi connectivity index (χ0) is 37.9. The molecule has 0 N–H and O–H groups in total. The predicted octanol–water partition coefficient (Wildman–Crippen LogP) is 13.2. The molecule has 10 rings (SSSR count). The fraction of sp³-hybridized carbons (Fsp3) is 0. The smallest absolute Gasteiger partial charge is 0.143 e. The molecule has 1 nitrogen and oxygen atoms in total. The Labute approximate surface area is 283 Å². The Morgan fingerprint density at radius 1 is 0.404 bits per heavy atom. The molecule has 0 saturated carbocycles. The van der Waals surface area contributed by atoms with E-state index < -0.39 is 24.2 Å². The van der Waals surface area contributed by atoms with E-state index in [0.29, 0.717) is 38.8 Å². The molecule has 218 valence electrons. The summed E-state index contributed by atoms with van der Waals surface area (Å²) in [6.45, 7) is 0. The molecule has 0 spiro atoms. The Morgan fingerprint density at radius 2 is 1.02 bits per heavy atom. The molecule has 0 aliphatic heterocycles. The van der Waals surface area contributed by atoms with Crippen LogP contribution in [0.2, 0.25) is 0 Å². The standard InChI is InChI=1S/C46H28O/c1-2-12-29(13-3-1)33-21-10-15-31-24-25-32(28-41(31)33)43-35-17-6-8-19-37(35)44(38-20-9-7-18-36(38)43)39-22-11-23-42-45(39)40-27-26-30-14-4-5-16-34(30)46(40)47-42/h1-28H/i6D,7D,8D,9D,17D,18D,19D,20D. The highest BCUT2D eigenvalue weighted by molar-refractivity contribution is 6.27. The van der Waals surface area contributed by atoms with Crippen molar-refractivity contribution in [1.82, 2.24) is 0 Å². The minimum atomic E-state index is -0.440. The third kappa shape index (κ3) is 3.90. The SMILES string of the molecule is [2H]c1c([2H])c([2H])c2c(-c3cccc4oc5c6ccccc6ccc5c34)c3c([2H])c([2H])c([2H])c([2H])c3c(-c3ccc4cccc(-c5ccccc5)c4c3)c2c1[2H]. The topological polar surface area (TPSA) is 13.1 Å². The number of furan rings is 1. The van der Waals surface area contributed by atoms with Crippen LogP contribution < -0.4 is 0 Å². The third-order valence-electron chi connectivity index (χ3n) is 9.29. The quantitative estimate of drug-likeness (QED) is 0.183. The van der Waals surface area contributed by atoms with E-state index in [2.05, 4.69) is 0 Å². The number of hydrogen-bond acceptors (Lipinski definition) is 1. The molecule has 0 aliphatic carbocycles. The van der Waals surface area contributed by atoms with Gasteiger partial charge in [0.2, 0.25) is 0 Å². The van der Waals surface area contributed by atoms with Crippen molar-refractivity contribution in [1.29, 1.82) is 0 Å². The van der Waals surface area contributed by atoms with Crippen LogP contribution in [0, 0.1) is 0 Å². The van der Waals surface area contributed by atoms with Crippen molar-refractivity contribution in [2.75, 3.05) is 0 Å². The van der Waals surface area contributed by atoms with Crippen LogP contribution in [0.25, 0.3) is 98.4 Å². The van der Waals surface area contributed by atoms with E-state index in [1.807, 2.05) is 115 Å². The normalized spacial score (nSPS) is 14.2. The summed E-state index contributed by atoms with van der Waals surface area (Å²) >= 11 is 0. The molecule has 0 radical (unpaired) electrons. The predicted molar refractivity (Wildman–Crippen MR) is 200 cm³/mol. The van der Waals surface area contributed by atoms with E-state index in [4.69, 9.17) is 9.90 Å². The highest BCUT2D eigenvalue weighted by Gasteiger charge is 2.21. The van der Waals surface area contributed by atoms with Crippen LogP contribution in [0.1, 0.15) is 11.0 Å². The Balaban J connectivity index is 1.44. The monoisotopic (exact) mass is 604 g/mol. The Morgan fingerprint density at radius 3 is 1.81 bits per heavy atom. The molecule has 0 amide bonds. The maximum absolute atomic E-state index is 9.48. The van der Waals surface area contributed by atoms with Crippen LogP contribution in [0.3, 0.4) is 0 Å². The first-order valence-corrected chi connectivity index (χ1v) is 15.5. The lowest BCUT2D eigenvalue weighted by Crippen LogP contribution is -1.91. The molecule has 9 aromatic carbocycles. The molecular formula is C46H28O. The van der Waals surface area contributed by atoms with E-state index in [1.54, 1.807) is 6.07 Å². The van der Waals surface area contributed by atoms with Gasteiger partial charge in [-0.1, -0.05) is 151 Å². The molecule has 1 aromatic heterocycles. The Hall–Kier alpha value is -6.18. The molecule has 1 heteroatoms. The van der Waals surface area contributed by atoms with E-state index in [1.165, 1.54) is 0 Å². The van der Waals surface area contributed by atoms with E-state index in [0.717, 1.165) is 38.1 Å². The largest absolute Gasteiger partial charge is 0.455 e. The molecule has 0 unspecified atom stereocenters. The Bertz CT molecular complexity index is 3220. The summed E-state index contributed by atoms with van der Waals surface area (Å²) in [5, 5.41) is 5.86. The maximum Gasteiger partial charge on any atom is 0.143 e. The lowest BCUT2D eigenvalue weighted by atomic mass is 9.84. The molecule has 0 atom stereocenters. The summed E-state index contributed by atoms with van der Waals surface area (Å²) in [7, 11) is 0. The second kappa shape index (κ2) is 10.2. The van der Waals surface area contributed by atoms with Crippen molar-refractivity contribution in [2.24, 2.45) is 0 Å². The van der Waals surface area contributed by atoms with Crippen LogP contribution in [-0.2, 0) is 0 Å². The van der Waals surface area contributed by atoms with Gasteiger partial charge in [0.25, 0.3) is 0 Å². The summed E-state index contributed by atoms with van der Waals surface area (Å²) in [5.41, 5.74) is 4.85. The summed E-state index contributed by atoms with van der Waals surface area (Å²) in [5.74, 6) is 0. The number of benzene rings is 9. The van der Waals surface area contributed by atoms with Crippen molar-refractivity contribution >= 4 is 65.0 Å². The number of rotatable bonds is 3. The first-order valence-electron chi connectivity index (χ1n) is 19.5. The van der Waals surface area contributed by atoms with Gasteiger partial charge < -0.3 is 4.42 Å². The minimum Gasteiger partial charge on any atom is -0.455 e. The zero-order valence-electron chi connectivity index (χ0n) is 33.0.